The van der Waals surface area contributed by atoms with Gasteiger partial charge in [0.1, 0.15) is 5.60 Å². The first-order valence-electron chi connectivity index (χ1n) is 8.94. The van der Waals surface area contributed by atoms with Crippen molar-refractivity contribution in [3.63, 3.8) is 0 Å². The molecule has 0 bridgehead atoms. The summed E-state index contributed by atoms with van der Waals surface area (Å²) in [4.78, 5) is 13.8. The van der Waals surface area contributed by atoms with E-state index in [-0.39, 0.29) is 18.3 Å². The highest BCUT2D eigenvalue weighted by atomic mass is 32.2. The Morgan fingerprint density at radius 3 is 2.52 bits per heavy atom. The molecule has 2 rings (SSSR count). The molecule has 0 N–H and O–H groups in total. The lowest BCUT2D eigenvalue weighted by atomic mass is 10.1. The Morgan fingerprint density at radius 1 is 1.33 bits per heavy atom. The van der Waals surface area contributed by atoms with E-state index >= 15 is 0 Å². The standard InChI is InChI=1S/C19H27N3O4S/c1-19(2,3)26-18(23)21(4)17-6-5-11-22(13-17)27(24,25)14-16-9-7-15(12-20)8-10-16/h7-10,17H,5-6,11,13-14H2,1-4H3/t17-/m0/s1. The summed E-state index contributed by atoms with van der Waals surface area (Å²) in [5.74, 6) is -0.123. The monoisotopic (exact) mass is 393 g/mol. The maximum Gasteiger partial charge on any atom is 0.410 e. The van der Waals surface area contributed by atoms with Crippen LogP contribution in [0.4, 0.5) is 4.79 Å². The van der Waals surface area contributed by atoms with Gasteiger partial charge < -0.3 is 9.64 Å². The Morgan fingerprint density at radius 2 is 1.96 bits per heavy atom. The van der Waals surface area contributed by atoms with Gasteiger partial charge >= 0.3 is 6.09 Å². The fraction of sp³-hybridized carbons (Fsp3) is 0.579. The molecule has 0 unspecified atom stereocenters. The minimum absolute atomic E-state index is 0.123. The van der Waals surface area contributed by atoms with E-state index in [4.69, 9.17) is 10.00 Å². The molecule has 1 fully saturated rings. The van der Waals surface area contributed by atoms with Gasteiger partial charge in [0.25, 0.3) is 0 Å². The minimum atomic E-state index is -3.51. The molecule has 27 heavy (non-hydrogen) atoms. The van der Waals surface area contributed by atoms with E-state index in [1.54, 1.807) is 52.1 Å². The number of likely N-dealkylation sites (N-methyl/N-ethyl adjacent to an activating group) is 1. The van der Waals surface area contributed by atoms with Crippen molar-refractivity contribution < 1.29 is 17.9 Å². The van der Waals surface area contributed by atoms with Crippen molar-refractivity contribution in [1.82, 2.24) is 9.21 Å². The topological polar surface area (TPSA) is 90.7 Å². The molecule has 1 aromatic rings. The normalized spacial score (nSPS) is 18.6. The molecule has 0 aromatic heterocycles. The number of hydrogen-bond acceptors (Lipinski definition) is 5. The molecule has 1 aliphatic rings. The van der Waals surface area contributed by atoms with E-state index in [9.17, 15) is 13.2 Å². The van der Waals surface area contributed by atoms with Crippen LogP contribution < -0.4 is 0 Å². The van der Waals surface area contributed by atoms with Gasteiger partial charge in [-0.15, -0.1) is 0 Å². The van der Waals surface area contributed by atoms with Gasteiger partial charge in [0, 0.05) is 26.2 Å². The lowest BCUT2D eigenvalue weighted by Gasteiger charge is -2.37. The van der Waals surface area contributed by atoms with Gasteiger partial charge in [-0.05, 0) is 51.3 Å². The number of ether oxygens (including phenoxy) is 1. The summed E-state index contributed by atoms with van der Waals surface area (Å²) >= 11 is 0. The van der Waals surface area contributed by atoms with Gasteiger partial charge in [-0.3, -0.25) is 0 Å². The number of piperidine rings is 1. The number of hydrogen-bond donors (Lipinski definition) is 0. The van der Waals surface area contributed by atoms with Crippen LogP contribution >= 0.6 is 0 Å². The zero-order valence-corrected chi connectivity index (χ0v) is 17.1. The predicted molar refractivity (Wildman–Crippen MR) is 102 cm³/mol. The number of benzene rings is 1. The summed E-state index contributed by atoms with van der Waals surface area (Å²) in [6, 6.07) is 8.33. The molecular formula is C19H27N3O4S. The third kappa shape index (κ3) is 5.94. The van der Waals surface area contributed by atoms with Crippen LogP contribution in [-0.4, -0.2) is 55.5 Å². The van der Waals surface area contributed by atoms with E-state index < -0.39 is 21.7 Å². The Balaban J connectivity index is 2.05. The van der Waals surface area contributed by atoms with Crippen molar-refractivity contribution in [3.05, 3.63) is 35.4 Å². The lowest BCUT2D eigenvalue weighted by molar-refractivity contribution is 0.0173. The summed E-state index contributed by atoms with van der Waals surface area (Å²) in [5.41, 5.74) is 0.534. The van der Waals surface area contributed by atoms with Gasteiger partial charge in [0.15, 0.2) is 0 Å². The molecule has 1 amide bonds. The molecule has 0 radical (unpaired) electrons. The molecule has 0 aliphatic carbocycles. The SMILES string of the molecule is CN(C(=O)OC(C)(C)C)[C@H]1CCCN(S(=O)(=O)Cc2ccc(C#N)cc2)C1. The van der Waals surface area contributed by atoms with Crippen molar-refractivity contribution in [2.24, 2.45) is 0 Å². The molecule has 0 saturated carbocycles. The highest BCUT2D eigenvalue weighted by Crippen LogP contribution is 2.22. The Labute approximate surface area is 161 Å². The largest absolute Gasteiger partial charge is 0.444 e. The highest BCUT2D eigenvalue weighted by molar-refractivity contribution is 7.88. The first-order chi connectivity index (χ1) is 12.5. The van der Waals surface area contributed by atoms with Gasteiger partial charge in [-0.25, -0.2) is 13.2 Å². The van der Waals surface area contributed by atoms with Crippen LogP contribution in [0.5, 0.6) is 0 Å². The van der Waals surface area contributed by atoms with Crippen LogP contribution in [-0.2, 0) is 20.5 Å². The highest BCUT2D eigenvalue weighted by Gasteiger charge is 2.33. The van der Waals surface area contributed by atoms with Crippen LogP contribution in [0.1, 0.15) is 44.7 Å². The second-order valence-corrected chi connectivity index (χ2v) is 9.78. The molecule has 1 aromatic carbocycles. The molecule has 1 atom stereocenters. The van der Waals surface area contributed by atoms with Crippen molar-refractivity contribution >= 4 is 16.1 Å². The Bertz CT molecular complexity index is 807. The van der Waals surface area contributed by atoms with Crippen LogP contribution in [0.25, 0.3) is 0 Å². The Kier molecular flexibility index (Phi) is 6.50. The molecule has 148 valence electrons. The van der Waals surface area contributed by atoms with E-state index in [2.05, 4.69) is 0 Å². The second kappa shape index (κ2) is 8.28. The number of carbonyl (C=O) groups is 1. The van der Waals surface area contributed by atoms with Crippen molar-refractivity contribution in [1.29, 1.82) is 5.26 Å². The van der Waals surface area contributed by atoms with E-state index in [1.165, 1.54) is 9.21 Å². The van der Waals surface area contributed by atoms with Gasteiger partial charge in [0.05, 0.1) is 17.4 Å². The molecular weight excluding hydrogens is 366 g/mol. The summed E-state index contributed by atoms with van der Waals surface area (Å²) < 4.78 is 32.4. The molecule has 8 heteroatoms. The fourth-order valence-electron chi connectivity index (χ4n) is 2.95. The van der Waals surface area contributed by atoms with Crippen LogP contribution in [0, 0.1) is 11.3 Å². The molecule has 1 aliphatic heterocycles. The summed E-state index contributed by atoms with van der Waals surface area (Å²) in [6.07, 6.45) is 0.974. The summed E-state index contributed by atoms with van der Waals surface area (Å²) in [7, 11) is -1.86. The number of carbonyl (C=O) groups excluding carboxylic acids is 1. The first kappa shape index (κ1) is 21.2. The maximum atomic E-state index is 12.8. The minimum Gasteiger partial charge on any atom is -0.444 e. The average Bonchev–Trinajstić information content (AvgIpc) is 2.60. The van der Waals surface area contributed by atoms with Crippen molar-refractivity contribution in [2.75, 3.05) is 20.1 Å². The molecule has 0 spiro atoms. The average molecular weight is 394 g/mol. The van der Waals surface area contributed by atoms with Crippen LogP contribution in [0.3, 0.4) is 0 Å². The van der Waals surface area contributed by atoms with Gasteiger partial charge in [0.2, 0.25) is 10.0 Å². The second-order valence-electron chi connectivity index (χ2n) is 7.81. The van der Waals surface area contributed by atoms with E-state index in [0.717, 1.165) is 6.42 Å². The quantitative estimate of drug-likeness (QED) is 0.784. The zero-order valence-electron chi connectivity index (χ0n) is 16.3. The van der Waals surface area contributed by atoms with Gasteiger partial charge in [-0.2, -0.15) is 9.57 Å². The van der Waals surface area contributed by atoms with E-state index in [1.807, 2.05) is 6.07 Å². The van der Waals surface area contributed by atoms with Crippen molar-refractivity contribution in [3.8, 4) is 6.07 Å². The first-order valence-corrected chi connectivity index (χ1v) is 10.6. The summed E-state index contributed by atoms with van der Waals surface area (Å²) in [6.45, 7) is 6.10. The third-order valence-electron chi connectivity index (χ3n) is 4.41. The number of sulfonamides is 1. The van der Waals surface area contributed by atoms with Crippen LogP contribution in [0.2, 0.25) is 0 Å². The van der Waals surface area contributed by atoms with Crippen LogP contribution in [0.15, 0.2) is 24.3 Å². The fourth-order valence-corrected chi connectivity index (χ4v) is 4.55. The molecule has 1 heterocycles. The van der Waals surface area contributed by atoms with Gasteiger partial charge in [-0.1, -0.05) is 12.1 Å². The van der Waals surface area contributed by atoms with Crippen molar-refractivity contribution in [2.45, 2.75) is 51.0 Å². The third-order valence-corrected chi connectivity index (χ3v) is 6.23. The summed E-state index contributed by atoms with van der Waals surface area (Å²) in [5, 5.41) is 8.84. The maximum absolute atomic E-state index is 12.8. The number of rotatable bonds is 4. The number of nitrogens with zero attached hydrogens (tertiary/aromatic N) is 3. The predicted octanol–water partition coefficient (Wildman–Crippen LogP) is 2.72. The molecule has 1 saturated heterocycles. The number of nitriles is 1. The smallest absolute Gasteiger partial charge is 0.410 e. The zero-order chi connectivity index (χ0) is 20.2. The molecule has 7 nitrogen and oxygen atoms in total. The number of amides is 1. The Hall–Kier alpha value is -2.11. The lowest BCUT2D eigenvalue weighted by Crippen LogP contribution is -2.51. The van der Waals surface area contributed by atoms with E-state index in [0.29, 0.717) is 24.1 Å².